The fraction of sp³-hybridized carbons (Fsp3) is 0.615. The summed E-state index contributed by atoms with van der Waals surface area (Å²) in [6.07, 6.45) is 7.89. The molecular formula is C13H19N3OS. The largest absolute Gasteiger partial charge is 0.300 e. The third kappa shape index (κ3) is 3.63. The third-order valence-electron chi connectivity index (χ3n) is 2.92. The molecule has 1 heterocycles. The van der Waals surface area contributed by atoms with Crippen LogP contribution in [0.2, 0.25) is 0 Å². The van der Waals surface area contributed by atoms with Crippen LogP contribution in [0.15, 0.2) is 12.2 Å². The van der Waals surface area contributed by atoms with E-state index >= 15 is 0 Å². The van der Waals surface area contributed by atoms with E-state index in [4.69, 9.17) is 0 Å². The molecular weight excluding hydrogens is 246 g/mol. The number of carbonyl (C=O) groups is 1. The van der Waals surface area contributed by atoms with Gasteiger partial charge in [-0.25, -0.2) is 0 Å². The molecule has 1 aromatic rings. The topological polar surface area (TPSA) is 54.9 Å². The predicted octanol–water partition coefficient (Wildman–Crippen LogP) is 3.03. The summed E-state index contributed by atoms with van der Waals surface area (Å²) in [6, 6.07) is 0. The Morgan fingerprint density at radius 1 is 1.50 bits per heavy atom. The van der Waals surface area contributed by atoms with E-state index in [1.54, 1.807) is 0 Å². The van der Waals surface area contributed by atoms with E-state index in [0.717, 1.165) is 30.7 Å². The molecule has 1 N–H and O–H groups in total. The second-order valence-electron chi connectivity index (χ2n) is 5.07. The van der Waals surface area contributed by atoms with Crippen molar-refractivity contribution in [3.63, 3.8) is 0 Å². The molecule has 18 heavy (non-hydrogen) atoms. The zero-order chi connectivity index (χ0) is 13.0. The van der Waals surface area contributed by atoms with E-state index in [-0.39, 0.29) is 11.8 Å². The van der Waals surface area contributed by atoms with Crippen LogP contribution in [0.4, 0.5) is 5.13 Å². The van der Waals surface area contributed by atoms with E-state index in [9.17, 15) is 4.79 Å². The van der Waals surface area contributed by atoms with Gasteiger partial charge in [0, 0.05) is 12.3 Å². The molecule has 4 nitrogen and oxygen atoms in total. The standard InChI is InChI=1S/C13H19N3OS/c1-9(2)8-11-15-16-13(18-11)14-12(17)10-6-4-3-5-7-10/h3-4,9-10H,5-8H2,1-2H3,(H,14,16,17). The number of aromatic nitrogens is 2. The van der Waals surface area contributed by atoms with Gasteiger partial charge in [0.1, 0.15) is 5.01 Å². The fourth-order valence-corrected chi connectivity index (χ4v) is 2.93. The summed E-state index contributed by atoms with van der Waals surface area (Å²) < 4.78 is 0. The van der Waals surface area contributed by atoms with E-state index in [0.29, 0.717) is 11.0 Å². The van der Waals surface area contributed by atoms with Crippen molar-refractivity contribution in [2.75, 3.05) is 5.32 Å². The molecule has 0 saturated heterocycles. The Morgan fingerprint density at radius 2 is 2.33 bits per heavy atom. The summed E-state index contributed by atoms with van der Waals surface area (Å²) in [7, 11) is 0. The Labute approximate surface area is 112 Å². The van der Waals surface area contributed by atoms with Crippen molar-refractivity contribution in [3.8, 4) is 0 Å². The summed E-state index contributed by atoms with van der Waals surface area (Å²) in [5.41, 5.74) is 0. The average Bonchev–Trinajstić information content (AvgIpc) is 2.76. The second-order valence-corrected chi connectivity index (χ2v) is 6.13. The SMILES string of the molecule is CC(C)Cc1nnc(NC(=O)C2CC=CCC2)s1. The van der Waals surface area contributed by atoms with Gasteiger partial charge in [0.05, 0.1) is 0 Å². The van der Waals surface area contributed by atoms with Gasteiger partial charge >= 0.3 is 0 Å². The maximum Gasteiger partial charge on any atom is 0.229 e. The summed E-state index contributed by atoms with van der Waals surface area (Å²) in [5, 5.41) is 12.6. The van der Waals surface area contributed by atoms with Gasteiger partial charge in [-0.15, -0.1) is 10.2 Å². The first-order valence-corrected chi connectivity index (χ1v) is 7.25. The minimum absolute atomic E-state index is 0.0756. The average molecular weight is 265 g/mol. The van der Waals surface area contributed by atoms with Gasteiger partial charge in [0.25, 0.3) is 0 Å². The summed E-state index contributed by atoms with van der Waals surface area (Å²) in [4.78, 5) is 12.0. The molecule has 0 aromatic carbocycles. The van der Waals surface area contributed by atoms with Crippen molar-refractivity contribution in [2.24, 2.45) is 11.8 Å². The Kier molecular flexibility index (Phi) is 4.47. The lowest BCUT2D eigenvalue weighted by Gasteiger charge is -2.15. The van der Waals surface area contributed by atoms with Crippen LogP contribution in [0.25, 0.3) is 0 Å². The number of carbonyl (C=O) groups excluding carboxylic acids is 1. The Balaban J connectivity index is 1.90. The summed E-state index contributed by atoms with van der Waals surface area (Å²) >= 11 is 1.48. The number of nitrogens with one attached hydrogen (secondary N) is 1. The number of allylic oxidation sites excluding steroid dienone is 2. The quantitative estimate of drug-likeness (QED) is 0.851. The molecule has 0 saturated carbocycles. The van der Waals surface area contributed by atoms with Gasteiger partial charge < -0.3 is 5.32 Å². The third-order valence-corrected chi connectivity index (χ3v) is 3.78. The van der Waals surface area contributed by atoms with Gasteiger partial charge in [0.2, 0.25) is 11.0 Å². The first kappa shape index (κ1) is 13.2. The fourth-order valence-electron chi connectivity index (χ4n) is 1.98. The van der Waals surface area contributed by atoms with Crippen LogP contribution < -0.4 is 5.32 Å². The molecule has 5 heteroatoms. The van der Waals surface area contributed by atoms with Gasteiger partial charge in [-0.1, -0.05) is 37.3 Å². The number of rotatable bonds is 4. The van der Waals surface area contributed by atoms with E-state index in [1.165, 1.54) is 11.3 Å². The first-order valence-electron chi connectivity index (χ1n) is 6.43. The number of anilines is 1. The summed E-state index contributed by atoms with van der Waals surface area (Å²) in [5.74, 6) is 0.726. The van der Waals surface area contributed by atoms with E-state index in [1.807, 2.05) is 0 Å². The van der Waals surface area contributed by atoms with Crippen LogP contribution in [0.5, 0.6) is 0 Å². The first-order chi connectivity index (χ1) is 8.65. The van der Waals surface area contributed by atoms with Crippen molar-refractivity contribution in [1.29, 1.82) is 0 Å². The highest BCUT2D eigenvalue weighted by Gasteiger charge is 2.20. The van der Waals surface area contributed by atoms with Crippen molar-refractivity contribution >= 4 is 22.4 Å². The zero-order valence-corrected chi connectivity index (χ0v) is 11.7. The minimum atomic E-state index is 0.0756. The minimum Gasteiger partial charge on any atom is -0.300 e. The smallest absolute Gasteiger partial charge is 0.229 e. The zero-order valence-electron chi connectivity index (χ0n) is 10.8. The van der Waals surface area contributed by atoms with Crippen LogP contribution in [0.1, 0.15) is 38.1 Å². The Morgan fingerprint density at radius 3 is 3.00 bits per heavy atom. The lowest BCUT2D eigenvalue weighted by molar-refractivity contribution is -0.120. The molecule has 98 valence electrons. The number of hydrogen-bond donors (Lipinski definition) is 1. The number of amides is 1. The molecule has 1 unspecified atom stereocenters. The van der Waals surface area contributed by atoms with Gasteiger partial charge in [-0.05, 0) is 25.2 Å². The molecule has 1 aliphatic carbocycles. The van der Waals surface area contributed by atoms with Crippen molar-refractivity contribution in [1.82, 2.24) is 10.2 Å². The van der Waals surface area contributed by atoms with Crippen molar-refractivity contribution < 1.29 is 4.79 Å². The molecule has 1 atom stereocenters. The lowest BCUT2D eigenvalue weighted by atomic mass is 9.94. The molecule has 1 aliphatic rings. The van der Waals surface area contributed by atoms with Crippen molar-refractivity contribution in [2.45, 2.75) is 39.5 Å². The Bertz CT molecular complexity index is 439. The normalized spacial score (nSPS) is 19.2. The highest BCUT2D eigenvalue weighted by Crippen LogP contribution is 2.22. The second kappa shape index (κ2) is 6.09. The van der Waals surface area contributed by atoms with Crippen LogP contribution >= 0.6 is 11.3 Å². The molecule has 1 aromatic heterocycles. The lowest BCUT2D eigenvalue weighted by Crippen LogP contribution is -2.23. The van der Waals surface area contributed by atoms with Crippen molar-refractivity contribution in [3.05, 3.63) is 17.2 Å². The van der Waals surface area contributed by atoms with Gasteiger partial charge in [-0.2, -0.15) is 0 Å². The van der Waals surface area contributed by atoms with Crippen LogP contribution in [0.3, 0.4) is 0 Å². The van der Waals surface area contributed by atoms with E-state index in [2.05, 4.69) is 41.5 Å². The molecule has 0 spiro atoms. The predicted molar refractivity (Wildman–Crippen MR) is 73.6 cm³/mol. The maximum absolute atomic E-state index is 12.0. The van der Waals surface area contributed by atoms with Crippen LogP contribution in [0, 0.1) is 11.8 Å². The molecule has 0 fully saturated rings. The van der Waals surface area contributed by atoms with Crippen LogP contribution in [-0.4, -0.2) is 16.1 Å². The number of nitrogens with zero attached hydrogens (tertiary/aromatic N) is 2. The van der Waals surface area contributed by atoms with E-state index < -0.39 is 0 Å². The van der Waals surface area contributed by atoms with Gasteiger partial charge in [-0.3, -0.25) is 4.79 Å². The number of hydrogen-bond acceptors (Lipinski definition) is 4. The molecule has 0 radical (unpaired) electrons. The Hall–Kier alpha value is -1.23. The summed E-state index contributed by atoms with van der Waals surface area (Å²) in [6.45, 7) is 4.29. The molecule has 0 bridgehead atoms. The molecule has 1 amide bonds. The highest BCUT2D eigenvalue weighted by atomic mass is 32.1. The van der Waals surface area contributed by atoms with Crippen LogP contribution in [-0.2, 0) is 11.2 Å². The molecule has 0 aliphatic heterocycles. The molecule has 2 rings (SSSR count). The van der Waals surface area contributed by atoms with Gasteiger partial charge in [0.15, 0.2) is 0 Å². The monoisotopic (exact) mass is 265 g/mol. The maximum atomic E-state index is 12.0. The highest BCUT2D eigenvalue weighted by molar-refractivity contribution is 7.15.